The summed E-state index contributed by atoms with van der Waals surface area (Å²) in [5, 5.41) is 8.82. The molecule has 1 N–H and O–H groups in total. The molecule has 0 aliphatic carbocycles. The van der Waals surface area contributed by atoms with Gasteiger partial charge in [0, 0.05) is 0 Å². The van der Waals surface area contributed by atoms with Crippen molar-refractivity contribution in [2.75, 3.05) is 0 Å². The number of rotatable bonds is 2. The molecule has 0 radical (unpaired) electrons. The van der Waals surface area contributed by atoms with Crippen LogP contribution in [0.15, 0.2) is 0 Å². The summed E-state index contributed by atoms with van der Waals surface area (Å²) in [5.41, 5.74) is 0. The van der Waals surface area contributed by atoms with Crippen LogP contribution in [0.2, 0.25) is 0 Å². The fourth-order valence-electron chi connectivity index (χ4n) is 0.341. The Kier molecular flexibility index (Phi) is 8.92. The normalized spacial score (nSPS) is 16.5. The molecule has 0 aliphatic rings. The third kappa shape index (κ3) is 5.10. The van der Waals surface area contributed by atoms with Gasteiger partial charge in [-0.25, -0.2) is 0 Å². The maximum atomic E-state index is 8.82. The number of hydrogen-bond donors (Lipinski definition) is 1. The Morgan fingerprint density at radius 3 is 1.88 bits per heavy atom. The Hall–Kier alpha value is 0.960. The van der Waals surface area contributed by atoms with Gasteiger partial charge in [0.15, 0.2) is 0 Å². The maximum Gasteiger partial charge on any atom is 1.00 e. The fraction of sp³-hybridized carbons (Fsp3) is 1.00. The van der Waals surface area contributed by atoms with Crippen LogP contribution in [-0.4, -0.2) is 11.2 Å². The van der Waals surface area contributed by atoms with Crippen LogP contribution < -0.4 is 29.6 Å². The first-order valence-electron chi connectivity index (χ1n) is 2.86. The molecule has 0 amide bonds. The van der Waals surface area contributed by atoms with E-state index in [1.165, 1.54) is 0 Å². The van der Waals surface area contributed by atoms with Crippen LogP contribution in [0.5, 0.6) is 0 Å². The van der Waals surface area contributed by atoms with Crippen LogP contribution in [0.3, 0.4) is 0 Å². The molecule has 0 aromatic heterocycles. The average molecular weight is 126 g/mol. The molecule has 2 unspecified atom stereocenters. The summed E-state index contributed by atoms with van der Waals surface area (Å²) >= 11 is 0. The van der Waals surface area contributed by atoms with E-state index >= 15 is 0 Å². The first-order valence-corrected chi connectivity index (χ1v) is 2.86. The second-order valence-corrected chi connectivity index (χ2v) is 2.13. The van der Waals surface area contributed by atoms with Crippen LogP contribution in [0.25, 0.3) is 0 Å². The smallest absolute Gasteiger partial charge is 1.00 e. The molecule has 0 saturated heterocycles. The van der Waals surface area contributed by atoms with Crippen molar-refractivity contribution < 1.29 is 36.1 Å². The number of aliphatic hydroxyl groups excluding tert-OH is 1. The zero-order valence-electron chi connectivity index (χ0n) is 7.31. The number of aliphatic hydroxyl groups is 1. The second kappa shape index (κ2) is 6.09. The van der Waals surface area contributed by atoms with E-state index in [1.807, 2.05) is 13.8 Å². The Bertz CT molecular complexity index is 50.3. The zero-order valence-corrected chi connectivity index (χ0v) is 8.31. The van der Waals surface area contributed by atoms with E-state index in [1.54, 1.807) is 0 Å². The molecule has 0 bridgehead atoms. The molecule has 0 fully saturated rings. The van der Waals surface area contributed by atoms with E-state index < -0.39 is 0 Å². The van der Waals surface area contributed by atoms with Crippen LogP contribution in [-0.2, 0) is 0 Å². The predicted molar refractivity (Wildman–Crippen MR) is 32.2 cm³/mol. The summed E-state index contributed by atoms with van der Waals surface area (Å²) in [6.07, 6.45) is 0.933. The first kappa shape index (κ1) is 11.7. The second-order valence-electron chi connectivity index (χ2n) is 2.13. The summed E-state index contributed by atoms with van der Waals surface area (Å²) in [5.74, 6) is 0.458. The molecule has 0 aliphatic heterocycles. The predicted octanol–water partition coefficient (Wildman–Crippen LogP) is -1.47. The molecular weight excluding hydrogens is 111 g/mol. The van der Waals surface area contributed by atoms with Crippen LogP contribution in [0.1, 0.15) is 28.6 Å². The van der Waals surface area contributed by atoms with Gasteiger partial charge in [-0.15, -0.1) is 0 Å². The minimum Gasteiger partial charge on any atom is -1.00 e. The minimum absolute atomic E-state index is 0. The van der Waals surface area contributed by atoms with E-state index in [-0.39, 0.29) is 37.1 Å². The van der Waals surface area contributed by atoms with E-state index in [0.29, 0.717) is 5.92 Å². The summed E-state index contributed by atoms with van der Waals surface area (Å²) in [6, 6.07) is 0. The Morgan fingerprint density at radius 2 is 1.88 bits per heavy atom. The Labute approximate surface area is 75.3 Å². The summed E-state index contributed by atoms with van der Waals surface area (Å²) in [6.45, 7) is 5.95. The molecule has 0 spiro atoms. The third-order valence-electron chi connectivity index (χ3n) is 1.47. The van der Waals surface area contributed by atoms with Crippen LogP contribution in [0, 0.1) is 5.92 Å². The molecule has 0 aromatic rings. The van der Waals surface area contributed by atoms with E-state index in [0.717, 1.165) is 6.42 Å². The van der Waals surface area contributed by atoms with Crippen molar-refractivity contribution in [3.63, 3.8) is 0 Å². The molecule has 2 atom stereocenters. The van der Waals surface area contributed by atoms with Crippen molar-refractivity contribution >= 4 is 0 Å². The minimum atomic E-state index is -0.134. The molecule has 0 aromatic carbocycles. The van der Waals surface area contributed by atoms with Crippen molar-refractivity contribution in [2.24, 2.45) is 5.92 Å². The van der Waals surface area contributed by atoms with E-state index in [2.05, 4.69) is 6.92 Å². The third-order valence-corrected chi connectivity index (χ3v) is 1.47. The van der Waals surface area contributed by atoms with E-state index in [9.17, 15) is 0 Å². The van der Waals surface area contributed by atoms with Gasteiger partial charge < -0.3 is 6.53 Å². The molecule has 0 heterocycles. The van der Waals surface area contributed by atoms with Gasteiger partial charge in [-0.2, -0.15) is 0 Å². The molecule has 1 nitrogen and oxygen atoms in total. The monoisotopic (exact) mass is 126 g/mol. The quantitative estimate of drug-likeness (QED) is 0.448. The molecule has 8 heavy (non-hydrogen) atoms. The van der Waals surface area contributed by atoms with Gasteiger partial charge in [-0.3, -0.25) is 0 Å². The van der Waals surface area contributed by atoms with Gasteiger partial charge in [0.2, 0.25) is 0 Å². The number of hydrogen-bond acceptors (Lipinski definition) is 1. The van der Waals surface area contributed by atoms with Gasteiger partial charge in [0.05, 0.1) is 6.10 Å². The van der Waals surface area contributed by atoms with Gasteiger partial charge >= 0.3 is 29.6 Å². The van der Waals surface area contributed by atoms with Crippen molar-refractivity contribution in [2.45, 2.75) is 33.3 Å². The average Bonchev–Trinajstić information content (AvgIpc) is 1.65. The van der Waals surface area contributed by atoms with Crippen molar-refractivity contribution in [1.29, 1.82) is 0 Å². The standard InChI is InChI=1S/C6H14O.Na.H/c1-4-5(2)6(3)7;;/h5-7H,4H2,1-3H3;;/q;+1;-1. The molecule has 0 rings (SSSR count). The molecule has 0 saturated carbocycles. The van der Waals surface area contributed by atoms with Gasteiger partial charge in [-0.1, -0.05) is 20.3 Å². The van der Waals surface area contributed by atoms with Gasteiger partial charge in [-0.05, 0) is 12.8 Å². The van der Waals surface area contributed by atoms with Crippen molar-refractivity contribution in [1.82, 2.24) is 0 Å². The Balaban J connectivity index is -0.000000180. The molecule has 46 valence electrons. The Morgan fingerprint density at radius 1 is 1.50 bits per heavy atom. The first-order chi connectivity index (χ1) is 3.18. The van der Waals surface area contributed by atoms with Crippen LogP contribution >= 0.6 is 0 Å². The zero-order chi connectivity index (χ0) is 5.86. The fourth-order valence-corrected chi connectivity index (χ4v) is 0.341. The largest absolute Gasteiger partial charge is 1.00 e. The van der Waals surface area contributed by atoms with Crippen molar-refractivity contribution in [3.05, 3.63) is 0 Å². The molecular formula is C6H15NaO. The summed E-state index contributed by atoms with van der Waals surface area (Å²) < 4.78 is 0. The van der Waals surface area contributed by atoms with Crippen molar-refractivity contribution in [3.8, 4) is 0 Å². The van der Waals surface area contributed by atoms with Gasteiger partial charge in [0.1, 0.15) is 0 Å². The van der Waals surface area contributed by atoms with Gasteiger partial charge in [0.25, 0.3) is 0 Å². The molecule has 2 heteroatoms. The summed E-state index contributed by atoms with van der Waals surface area (Å²) in [7, 11) is 0. The summed E-state index contributed by atoms with van der Waals surface area (Å²) in [4.78, 5) is 0. The SMILES string of the molecule is CCC(C)C(C)O.[H-].[Na+]. The maximum absolute atomic E-state index is 8.82. The van der Waals surface area contributed by atoms with Crippen LogP contribution in [0.4, 0.5) is 0 Å². The topological polar surface area (TPSA) is 20.2 Å². The van der Waals surface area contributed by atoms with E-state index in [4.69, 9.17) is 5.11 Å².